The Morgan fingerprint density at radius 2 is 1.51 bits per heavy atom. The standard InChI is InChI=1S/C31H48O6/c1-21(2)26(32)27-25(24-20-34-31(36-24)17-13-9-6-10-14-18-31)28(33)29(4)23(22(3)35-27)19-30(37-29)15-11-7-5-8-12-16-30/h23-25,27-28,33H,1,3,5-20H2,2,4H3/t23-,24?,25-,27?,28-,29-/m0/s1. The van der Waals surface area contributed by atoms with Gasteiger partial charge in [-0.05, 0) is 51.5 Å². The van der Waals surface area contributed by atoms with Gasteiger partial charge in [-0.2, -0.15) is 0 Å². The Hall–Kier alpha value is -1.21. The zero-order valence-electron chi connectivity index (χ0n) is 23.1. The summed E-state index contributed by atoms with van der Waals surface area (Å²) in [4.78, 5) is 13.5. The normalized spacial score (nSPS) is 40.1. The lowest BCUT2D eigenvalue weighted by Crippen LogP contribution is -2.55. The van der Waals surface area contributed by atoms with Gasteiger partial charge in [0.2, 0.25) is 0 Å². The first kappa shape index (κ1) is 27.4. The number of ether oxygens (including phenoxy) is 4. The minimum Gasteiger partial charge on any atom is -0.486 e. The summed E-state index contributed by atoms with van der Waals surface area (Å²) in [5.74, 6) is -1.13. The highest BCUT2D eigenvalue weighted by molar-refractivity contribution is 5.98. The molecule has 2 spiro atoms. The smallest absolute Gasteiger partial charge is 0.198 e. The number of aliphatic hydroxyl groups excluding tert-OH is 1. The first-order valence-corrected chi connectivity index (χ1v) is 14.9. The monoisotopic (exact) mass is 516 g/mol. The average Bonchev–Trinajstić information content (AvgIpc) is 3.37. The molecule has 2 unspecified atom stereocenters. The van der Waals surface area contributed by atoms with Gasteiger partial charge in [0.25, 0.3) is 0 Å². The van der Waals surface area contributed by atoms with E-state index in [1.807, 2.05) is 6.92 Å². The summed E-state index contributed by atoms with van der Waals surface area (Å²) in [6, 6.07) is 0. The van der Waals surface area contributed by atoms with Gasteiger partial charge in [-0.25, -0.2) is 0 Å². The molecule has 6 heteroatoms. The van der Waals surface area contributed by atoms with Crippen LogP contribution in [0.4, 0.5) is 0 Å². The largest absolute Gasteiger partial charge is 0.486 e. The van der Waals surface area contributed by atoms with Crippen LogP contribution in [0.15, 0.2) is 24.5 Å². The Balaban J connectivity index is 1.47. The molecule has 37 heavy (non-hydrogen) atoms. The van der Waals surface area contributed by atoms with E-state index < -0.39 is 35.6 Å². The number of Topliss-reactive ketones (excluding diaryl/α,β-unsaturated/α-hetero) is 1. The Kier molecular flexibility index (Phi) is 7.95. The third kappa shape index (κ3) is 5.20. The molecule has 3 aliphatic heterocycles. The van der Waals surface area contributed by atoms with Gasteiger partial charge >= 0.3 is 0 Å². The maximum absolute atomic E-state index is 13.5. The lowest BCUT2D eigenvalue weighted by atomic mass is 9.73. The molecular weight excluding hydrogens is 468 g/mol. The second-order valence-corrected chi connectivity index (χ2v) is 12.8. The van der Waals surface area contributed by atoms with E-state index in [1.165, 1.54) is 38.5 Å². The summed E-state index contributed by atoms with van der Waals surface area (Å²) in [5.41, 5.74) is -0.786. The van der Waals surface area contributed by atoms with Gasteiger partial charge in [0.05, 0.1) is 42.0 Å². The van der Waals surface area contributed by atoms with E-state index in [2.05, 4.69) is 13.2 Å². The van der Waals surface area contributed by atoms with E-state index in [1.54, 1.807) is 6.92 Å². The maximum Gasteiger partial charge on any atom is 0.198 e. The zero-order valence-corrected chi connectivity index (χ0v) is 23.1. The molecule has 5 fully saturated rings. The molecule has 5 aliphatic rings. The van der Waals surface area contributed by atoms with Crippen molar-refractivity contribution in [2.24, 2.45) is 11.8 Å². The summed E-state index contributed by atoms with van der Waals surface area (Å²) in [5, 5.41) is 12.2. The van der Waals surface area contributed by atoms with Crippen LogP contribution >= 0.6 is 0 Å². The Bertz CT molecular complexity index is 865. The molecule has 0 aromatic heterocycles. The number of fused-ring (bicyclic) bond motifs is 1. The van der Waals surface area contributed by atoms with Crippen LogP contribution in [0.3, 0.4) is 0 Å². The molecule has 0 aromatic carbocycles. The summed E-state index contributed by atoms with van der Waals surface area (Å²) >= 11 is 0. The molecular formula is C31H48O6. The number of ketones is 1. The van der Waals surface area contributed by atoms with Crippen LogP contribution in [-0.4, -0.2) is 52.8 Å². The molecule has 3 heterocycles. The second-order valence-electron chi connectivity index (χ2n) is 12.8. The van der Waals surface area contributed by atoms with Crippen molar-refractivity contribution in [1.29, 1.82) is 0 Å². The third-order valence-electron chi connectivity index (χ3n) is 10.0. The van der Waals surface area contributed by atoms with Gasteiger partial charge in [0, 0.05) is 12.8 Å². The first-order chi connectivity index (χ1) is 17.7. The number of hydrogen-bond acceptors (Lipinski definition) is 6. The Morgan fingerprint density at radius 3 is 2.11 bits per heavy atom. The predicted molar refractivity (Wildman–Crippen MR) is 142 cm³/mol. The van der Waals surface area contributed by atoms with Gasteiger partial charge in [0.15, 0.2) is 17.7 Å². The second kappa shape index (κ2) is 10.7. The first-order valence-electron chi connectivity index (χ1n) is 14.9. The van der Waals surface area contributed by atoms with E-state index in [9.17, 15) is 9.90 Å². The van der Waals surface area contributed by atoms with Gasteiger partial charge < -0.3 is 24.1 Å². The highest BCUT2D eigenvalue weighted by atomic mass is 16.7. The number of hydrogen-bond donors (Lipinski definition) is 1. The quantitative estimate of drug-likeness (QED) is 0.453. The molecule has 0 bridgehead atoms. The van der Waals surface area contributed by atoms with Gasteiger partial charge in [-0.3, -0.25) is 4.79 Å². The zero-order chi connectivity index (χ0) is 26.3. The number of carbonyl (C=O) groups is 1. The number of rotatable bonds is 3. The van der Waals surface area contributed by atoms with Gasteiger partial charge in [-0.15, -0.1) is 0 Å². The van der Waals surface area contributed by atoms with Crippen LogP contribution in [-0.2, 0) is 23.7 Å². The fraction of sp³-hybridized carbons (Fsp3) is 0.839. The molecule has 0 radical (unpaired) electrons. The predicted octanol–water partition coefficient (Wildman–Crippen LogP) is 6.16. The van der Waals surface area contributed by atoms with Crippen molar-refractivity contribution in [3.63, 3.8) is 0 Å². The van der Waals surface area contributed by atoms with Crippen LogP contribution in [0.5, 0.6) is 0 Å². The van der Waals surface area contributed by atoms with E-state index in [0.717, 1.165) is 57.8 Å². The maximum atomic E-state index is 13.5. The topological polar surface area (TPSA) is 74.2 Å². The van der Waals surface area contributed by atoms with Crippen LogP contribution in [0, 0.1) is 11.8 Å². The molecule has 3 saturated heterocycles. The lowest BCUT2D eigenvalue weighted by molar-refractivity contribution is -0.212. The molecule has 2 saturated carbocycles. The summed E-state index contributed by atoms with van der Waals surface area (Å²) < 4.78 is 26.6. The number of carbonyl (C=O) groups excluding carboxylic acids is 1. The minimum absolute atomic E-state index is 0.190. The SMILES string of the molecule is C=C(C)C(=O)C1OC(=C)[C@@H]2CC3(CCCCCCC3)O[C@]2(C)[C@@H](O)[C@H]1C1COC2(CCCCCCC2)O1. The average molecular weight is 517 g/mol. The summed E-state index contributed by atoms with van der Waals surface area (Å²) in [6.07, 6.45) is 13.8. The third-order valence-corrected chi connectivity index (χ3v) is 10.0. The minimum atomic E-state index is -0.966. The van der Waals surface area contributed by atoms with Gasteiger partial charge in [0.1, 0.15) is 5.60 Å². The molecule has 6 atom stereocenters. The molecule has 1 N–H and O–H groups in total. The molecule has 2 aliphatic carbocycles. The van der Waals surface area contributed by atoms with E-state index in [0.29, 0.717) is 17.9 Å². The van der Waals surface area contributed by atoms with Crippen molar-refractivity contribution in [1.82, 2.24) is 0 Å². The van der Waals surface area contributed by atoms with E-state index in [-0.39, 0.29) is 17.3 Å². The van der Waals surface area contributed by atoms with Crippen molar-refractivity contribution in [2.75, 3.05) is 6.61 Å². The fourth-order valence-electron chi connectivity index (χ4n) is 7.92. The van der Waals surface area contributed by atoms with Crippen LogP contribution in [0.1, 0.15) is 110 Å². The lowest BCUT2D eigenvalue weighted by Gasteiger charge is -2.41. The summed E-state index contributed by atoms with van der Waals surface area (Å²) in [6.45, 7) is 12.3. The highest BCUT2D eigenvalue weighted by Gasteiger charge is 2.64. The Morgan fingerprint density at radius 1 is 0.946 bits per heavy atom. The Labute approximate surface area is 223 Å². The van der Waals surface area contributed by atoms with Gasteiger partial charge in [-0.1, -0.05) is 64.5 Å². The molecule has 0 aromatic rings. The van der Waals surface area contributed by atoms with Crippen molar-refractivity contribution < 1.29 is 28.8 Å². The van der Waals surface area contributed by atoms with Crippen LogP contribution in [0.2, 0.25) is 0 Å². The molecule has 5 rings (SSSR count). The molecule has 0 amide bonds. The van der Waals surface area contributed by atoms with Crippen molar-refractivity contribution >= 4 is 5.78 Å². The van der Waals surface area contributed by atoms with Crippen LogP contribution in [0.25, 0.3) is 0 Å². The number of aliphatic hydroxyl groups is 1. The van der Waals surface area contributed by atoms with Crippen molar-refractivity contribution in [3.8, 4) is 0 Å². The van der Waals surface area contributed by atoms with Crippen molar-refractivity contribution in [2.45, 2.75) is 145 Å². The van der Waals surface area contributed by atoms with Crippen molar-refractivity contribution in [3.05, 3.63) is 24.5 Å². The fourth-order valence-corrected chi connectivity index (χ4v) is 7.92. The van der Waals surface area contributed by atoms with E-state index in [4.69, 9.17) is 18.9 Å². The molecule has 208 valence electrons. The molecule has 6 nitrogen and oxygen atoms in total. The highest BCUT2D eigenvalue weighted by Crippen LogP contribution is 2.56. The van der Waals surface area contributed by atoms with Crippen LogP contribution < -0.4 is 0 Å². The van der Waals surface area contributed by atoms with E-state index >= 15 is 0 Å². The summed E-state index contributed by atoms with van der Waals surface area (Å²) in [7, 11) is 0.